The minimum absolute atomic E-state index is 0.0636. The Kier molecular flexibility index (Phi) is 3.60. The van der Waals surface area contributed by atoms with Crippen molar-refractivity contribution in [2.45, 2.75) is 20.3 Å². The van der Waals surface area contributed by atoms with E-state index < -0.39 is 0 Å². The van der Waals surface area contributed by atoms with Crippen molar-refractivity contribution < 1.29 is 4.79 Å². The van der Waals surface area contributed by atoms with Crippen molar-refractivity contribution in [1.29, 1.82) is 0 Å². The number of Topliss-reactive ketones (excluding diaryl/α,β-unsaturated/α-hetero) is 1. The van der Waals surface area contributed by atoms with Gasteiger partial charge < -0.3 is 0 Å². The number of carbonyl (C=O) groups is 1. The smallest absolute Gasteiger partial charge is 0.133 e. The van der Waals surface area contributed by atoms with Crippen LogP contribution >= 0.6 is 15.9 Å². The quantitative estimate of drug-likeness (QED) is 0.815. The molecule has 0 aliphatic carbocycles. The molecule has 0 fully saturated rings. The molecular formula is C10H12BrNO. The third kappa shape index (κ3) is 3.27. The Bertz CT molecular complexity index is 294. The summed E-state index contributed by atoms with van der Waals surface area (Å²) in [5.74, 6) is 0.276. The summed E-state index contributed by atoms with van der Waals surface area (Å²) in [6.45, 7) is 3.54. The van der Waals surface area contributed by atoms with E-state index in [4.69, 9.17) is 0 Å². The Morgan fingerprint density at radius 3 is 2.77 bits per heavy atom. The van der Waals surface area contributed by atoms with Crippen LogP contribution in [-0.2, 0) is 11.2 Å². The van der Waals surface area contributed by atoms with Gasteiger partial charge in [0.2, 0.25) is 0 Å². The van der Waals surface area contributed by atoms with E-state index in [2.05, 4.69) is 20.9 Å². The number of rotatable bonds is 3. The molecule has 0 aromatic carbocycles. The molecule has 1 rings (SSSR count). The Morgan fingerprint density at radius 2 is 2.31 bits per heavy atom. The van der Waals surface area contributed by atoms with Crippen LogP contribution < -0.4 is 0 Å². The van der Waals surface area contributed by atoms with E-state index >= 15 is 0 Å². The minimum atomic E-state index is 0.0636. The lowest BCUT2D eigenvalue weighted by Crippen LogP contribution is -2.10. The molecule has 0 radical (unpaired) electrons. The molecule has 1 heterocycles. The van der Waals surface area contributed by atoms with Crippen LogP contribution in [0.2, 0.25) is 0 Å². The molecule has 0 spiro atoms. The van der Waals surface area contributed by atoms with Crippen LogP contribution in [0.1, 0.15) is 19.5 Å². The molecule has 1 atom stereocenters. The molecule has 0 bridgehead atoms. The van der Waals surface area contributed by atoms with E-state index in [1.807, 2.05) is 19.1 Å². The molecule has 0 saturated heterocycles. The topological polar surface area (TPSA) is 30.0 Å². The number of aromatic nitrogens is 1. The Morgan fingerprint density at radius 1 is 1.62 bits per heavy atom. The summed E-state index contributed by atoms with van der Waals surface area (Å²) in [5.41, 5.74) is 0.964. The average molecular weight is 242 g/mol. The maximum absolute atomic E-state index is 11.0. The van der Waals surface area contributed by atoms with Gasteiger partial charge in [-0.05, 0) is 41.4 Å². The van der Waals surface area contributed by atoms with Gasteiger partial charge in [0, 0.05) is 22.3 Å². The summed E-state index contributed by atoms with van der Waals surface area (Å²) in [5, 5.41) is 0. The van der Waals surface area contributed by atoms with E-state index in [0.717, 1.165) is 16.6 Å². The zero-order chi connectivity index (χ0) is 9.84. The SMILES string of the molecule is CC(=O)C(C)Cc1ccc(Br)cn1. The fourth-order valence-electron chi connectivity index (χ4n) is 0.985. The van der Waals surface area contributed by atoms with Gasteiger partial charge in [0.25, 0.3) is 0 Å². The van der Waals surface area contributed by atoms with Crippen molar-refractivity contribution in [3.63, 3.8) is 0 Å². The van der Waals surface area contributed by atoms with Crippen molar-refractivity contribution in [3.05, 3.63) is 28.5 Å². The Labute approximate surface area is 86.5 Å². The lowest BCUT2D eigenvalue weighted by molar-refractivity contribution is -0.120. The number of ketones is 1. The second-order valence-corrected chi connectivity index (χ2v) is 4.10. The van der Waals surface area contributed by atoms with Gasteiger partial charge in [-0.1, -0.05) is 6.92 Å². The molecule has 70 valence electrons. The standard InChI is InChI=1S/C10H12BrNO/c1-7(8(2)13)5-10-4-3-9(11)6-12-10/h3-4,6-7H,5H2,1-2H3. The van der Waals surface area contributed by atoms with Crippen molar-refractivity contribution in [2.24, 2.45) is 5.92 Å². The summed E-state index contributed by atoms with van der Waals surface area (Å²) in [4.78, 5) is 15.2. The van der Waals surface area contributed by atoms with E-state index in [-0.39, 0.29) is 11.7 Å². The zero-order valence-electron chi connectivity index (χ0n) is 7.75. The molecule has 0 amide bonds. The molecule has 13 heavy (non-hydrogen) atoms. The fourth-order valence-corrected chi connectivity index (χ4v) is 1.22. The predicted octanol–water partition coefficient (Wildman–Crippen LogP) is 2.61. The summed E-state index contributed by atoms with van der Waals surface area (Å²) in [6.07, 6.45) is 2.48. The molecule has 1 aromatic rings. The van der Waals surface area contributed by atoms with Crippen LogP contribution in [0.5, 0.6) is 0 Å². The van der Waals surface area contributed by atoms with Gasteiger partial charge in [0.15, 0.2) is 0 Å². The van der Waals surface area contributed by atoms with Gasteiger partial charge in [-0.15, -0.1) is 0 Å². The first-order valence-corrected chi connectivity index (χ1v) is 5.00. The Balaban J connectivity index is 2.64. The van der Waals surface area contributed by atoms with E-state index in [0.29, 0.717) is 0 Å². The van der Waals surface area contributed by atoms with Gasteiger partial charge in [0.05, 0.1) is 0 Å². The molecule has 1 aromatic heterocycles. The fraction of sp³-hybridized carbons (Fsp3) is 0.400. The second-order valence-electron chi connectivity index (χ2n) is 3.18. The summed E-state index contributed by atoms with van der Waals surface area (Å²) in [6, 6.07) is 3.87. The van der Waals surface area contributed by atoms with Gasteiger partial charge in [-0.2, -0.15) is 0 Å². The maximum atomic E-state index is 11.0. The molecular weight excluding hydrogens is 230 g/mol. The number of hydrogen-bond donors (Lipinski definition) is 0. The number of hydrogen-bond acceptors (Lipinski definition) is 2. The monoisotopic (exact) mass is 241 g/mol. The summed E-state index contributed by atoms with van der Waals surface area (Å²) in [7, 11) is 0. The zero-order valence-corrected chi connectivity index (χ0v) is 9.34. The van der Waals surface area contributed by atoms with Crippen LogP contribution in [0.15, 0.2) is 22.8 Å². The van der Waals surface area contributed by atoms with E-state index in [1.54, 1.807) is 13.1 Å². The molecule has 0 N–H and O–H groups in total. The Hall–Kier alpha value is -0.700. The highest BCUT2D eigenvalue weighted by Crippen LogP contribution is 2.11. The molecule has 0 aliphatic rings. The van der Waals surface area contributed by atoms with Crippen molar-refractivity contribution in [3.8, 4) is 0 Å². The second kappa shape index (κ2) is 4.51. The van der Waals surface area contributed by atoms with Crippen LogP contribution in [-0.4, -0.2) is 10.8 Å². The molecule has 0 saturated carbocycles. The van der Waals surface area contributed by atoms with Gasteiger partial charge in [0.1, 0.15) is 5.78 Å². The largest absolute Gasteiger partial charge is 0.300 e. The van der Waals surface area contributed by atoms with Crippen LogP contribution in [0.4, 0.5) is 0 Å². The van der Waals surface area contributed by atoms with E-state index in [9.17, 15) is 4.79 Å². The van der Waals surface area contributed by atoms with Gasteiger partial charge >= 0.3 is 0 Å². The predicted molar refractivity (Wildman–Crippen MR) is 55.5 cm³/mol. The van der Waals surface area contributed by atoms with E-state index in [1.165, 1.54) is 0 Å². The molecule has 2 nitrogen and oxygen atoms in total. The normalized spacial score (nSPS) is 12.5. The average Bonchev–Trinajstić information content (AvgIpc) is 2.08. The van der Waals surface area contributed by atoms with Crippen LogP contribution in [0, 0.1) is 5.92 Å². The minimum Gasteiger partial charge on any atom is -0.300 e. The van der Waals surface area contributed by atoms with Crippen molar-refractivity contribution >= 4 is 21.7 Å². The first kappa shape index (κ1) is 10.4. The third-order valence-electron chi connectivity index (χ3n) is 2.00. The van der Waals surface area contributed by atoms with Crippen molar-refractivity contribution in [2.75, 3.05) is 0 Å². The lowest BCUT2D eigenvalue weighted by atomic mass is 10.0. The number of halogens is 1. The van der Waals surface area contributed by atoms with Gasteiger partial charge in [-0.3, -0.25) is 9.78 Å². The third-order valence-corrected chi connectivity index (χ3v) is 2.47. The summed E-state index contributed by atoms with van der Waals surface area (Å²) >= 11 is 3.31. The number of nitrogens with zero attached hydrogens (tertiary/aromatic N) is 1. The first-order valence-electron chi connectivity index (χ1n) is 4.20. The highest BCUT2D eigenvalue weighted by Gasteiger charge is 2.08. The number of pyridine rings is 1. The van der Waals surface area contributed by atoms with Crippen LogP contribution in [0.25, 0.3) is 0 Å². The number of carbonyl (C=O) groups excluding carboxylic acids is 1. The first-order chi connectivity index (χ1) is 6.09. The highest BCUT2D eigenvalue weighted by atomic mass is 79.9. The van der Waals surface area contributed by atoms with Gasteiger partial charge in [-0.25, -0.2) is 0 Å². The highest BCUT2D eigenvalue weighted by molar-refractivity contribution is 9.10. The maximum Gasteiger partial charge on any atom is 0.133 e. The molecule has 3 heteroatoms. The van der Waals surface area contributed by atoms with Crippen LogP contribution in [0.3, 0.4) is 0 Å². The molecule has 0 aliphatic heterocycles. The lowest BCUT2D eigenvalue weighted by Gasteiger charge is -2.05. The molecule has 1 unspecified atom stereocenters. The summed E-state index contributed by atoms with van der Waals surface area (Å²) < 4.78 is 0.965. The van der Waals surface area contributed by atoms with Crippen molar-refractivity contribution in [1.82, 2.24) is 4.98 Å².